The molecule has 2 aromatic carbocycles. The lowest BCUT2D eigenvalue weighted by Crippen LogP contribution is -2.40. The van der Waals surface area contributed by atoms with Crippen molar-refractivity contribution in [2.45, 2.75) is 44.7 Å². The first-order chi connectivity index (χ1) is 14.9. The number of hydrogen-bond donors (Lipinski definition) is 2. The highest BCUT2D eigenvalue weighted by molar-refractivity contribution is 9.10. The highest BCUT2D eigenvalue weighted by Crippen LogP contribution is 2.26. The molecular formula is C24H28BrN5O. The molecule has 2 N–H and O–H groups in total. The average Bonchev–Trinajstić information content (AvgIpc) is 2.76. The van der Waals surface area contributed by atoms with Crippen LogP contribution >= 0.6 is 15.9 Å². The van der Waals surface area contributed by atoms with Crippen LogP contribution < -0.4 is 15.5 Å². The zero-order chi connectivity index (χ0) is 22.0. The first kappa shape index (κ1) is 21.6. The largest absolute Gasteiger partial charge is 0.362 e. The molecule has 0 radical (unpaired) electrons. The minimum atomic E-state index is 0.000460. The molecule has 1 aliphatic carbocycles. The fraction of sp³-hybridized carbons (Fsp3) is 0.375. The maximum Gasteiger partial charge on any atom is 0.251 e. The lowest BCUT2D eigenvalue weighted by Gasteiger charge is -2.30. The fourth-order valence-corrected chi connectivity index (χ4v) is 4.33. The van der Waals surface area contributed by atoms with Crippen LogP contribution in [0, 0.1) is 6.92 Å². The van der Waals surface area contributed by atoms with Crippen molar-refractivity contribution in [2.75, 3.05) is 24.3 Å². The number of halogens is 1. The van der Waals surface area contributed by atoms with E-state index in [1.54, 1.807) is 0 Å². The number of aryl methyl sites for hydroxylation is 1. The molecule has 1 saturated carbocycles. The molecule has 7 heteroatoms. The third-order valence-corrected chi connectivity index (χ3v) is 6.71. The molecule has 4 rings (SSSR count). The van der Waals surface area contributed by atoms with Crippen molar-refractivity contribution in [2.24, 2.45) is 0 Å². The predicted octanol–water partition coefficient (Wildman–Crippen LogP) is 4.92. The zero-order valence-electron chi connectivity index (χ0n) is 18.2. The van der Waals surface area contributed by atoms with Crippen molar-refractivity contribution in [3.8, 4) is 0 Å². The normalized spacial score (nSPS) is 18.6. The standard InChI is InChI=1S/C24H28BrN5O/c1-15-14-16(8-13-20(15)25)23(31)26-17-9-11-18(12-10-17)27-24-28-21-7-5-4-6-19(21)22(29-24)30(2)3/h4-8,13-14,17-18H,9-12H2,1-3H3,(H,26,31)(H,27,28,29). The number of fused-ring (bicyclic) bond motifs is 1. The van der Waals surface area contributed by atoms with Gasteiger partial charge < -0.3 is 15.5 Å². The Labute approximate surface area is 191 Å². The van der Waals surface area contributed by atoms with Crippen LogP contribution in [0.1, 0.15) is 41.6 Å². The van der Waals surface area contributed by atoms with Crippen molar-refractivity contribution < 1.29 is 4.79 Å². The van der Waals surface area contributed by atoms with E-state index in [9.17, 15) is 4.79 Å². The second-order valence-electron chi connectivity index (χ2n) is 8.41. The number of hydrogen-bond acceptors (Lipinski definition) is 5. The minimum Gasteiger partial charge on any atom is -0.362 e. The number of benzene rings is 2. The first-order valence-corrected chi connectivity index (χ1v) is 11.5. The SMILES string of the molecule is Cc1cc(C(=O)NC2CCC(Nc3nc(N(C)C)c4ccccc4n3)CC2)ccc1Br. The molecule has 3 aromatic rings. The number of rotatable bonds is 5. The van der Waals surface area contributed by atoms with Crippen molar-refractivity contribution in [1.29, 1.82) is 0 Å². The zero-order valence-corrected chi connectivity index (χ0v) is 19.7. The Balaban J connectivity index is 1.37. The van der Waals surface area contributed by atoms with Gasteiger partial charge >= 0.3 is 0 Å². The van der Waals surface area contributed by atoms with E-state index < -0.39 is 0 Å². The molecule has 6 nitrogen and oxygen atoms in total. The van der Waals surface area contributed by atoms with Crippen LogP contribution in [0.2, 0.25) is 0 Å². The lowest BCUT2D eigenvalue weighted by molar-refractivity contribution is 0.0926. The molecule has 0 aliphatic heterocycles. The van der Waals surface area contributed by atoms with E-state index in [1.165, 1.54) is 0 Å². The Morgan fingerprint density at radius 1 is 1.03 bits per heavy atom. The molecular weight excluding hydrogens is 454 g/mol. The maximum absolute atomic E-state index is 12.6. The molecule has 0 spiro atoms. The second-order valence-corrected chi connectivity index (χ2v) is 9.27. The highest BCUT2D eigenvalue weighted by atomic mass is 79.9. The van der Waals surface area contributed by atoms with E-state index in [-0.39, 0.29) is 11.9 Å². The Morgan fingerprint density at radius 3 is 2.45 bits per heavy atom. The van der Waals surface area contributed by atoms with Gasteiger partial charge in [0.25, 0.3) is 5.91 Å². The summed E-state index contributed by atoms with van der Waals surface area (Å²) in [5.41, 5.74) is 2.71. The quantitative estimate of drug-likeness (QED) is 0.540. The van der Waals surface area contributed by atoms with Crippen LogP contribution in [0.4, 0.5) is 11.8 Å². The third kappa shape index (κ3) is 4.98. The number of carbonyl (C=O) groups excluding carboxylic acids is 1. The molecule has 0 bridgehead atoms. The minimum absolute atomic E-state index is 0.000460. The summed E-state index contributed by atoms with van der Waals surface area (Å²) in [5.74, 6) is 1.58. The molecule has 1 aliphatic rings. The molecule has 0 saturated heterocycles. The third-order valence-electron chi connectivity index (χ3n) is 5.82. The van der Waals surface area contributed by atoms with E-state index in [0.717, 1.165) is 52.4 Å². The van der Waals surface area contributed by atoms with E-state index in [1.807, 2.05) is 62.3 Å². The Hall–Kier alpha value is -2.67. The van der Waals surface area contributed by atoms with Gasteiger partial charge in [-0.2, -0.15) is 4.98 Å². The predicted molar refractivity (Wildman–Crippen MR) is 130 cm³/mol. The number of para-hydroxylation sites is 1. The first-order valence-electron chi connectivity index (χ1n) is 10.7. The van der Waals surface area contributed by atoms with Crippen LogP contribution in [0.15, 0.2) is 46.9 Å². The fourth-order valence-electron chi connectivity index (χ4n) is 4.08. The Kier molecular flexibility index (Phi) is 6.41. The average molecular weight is 482 g/mol. The van der Waals surface area contributed by atoms with E-state index in [2.05, 4.69) is 32.6 Å². The molecule has 1 heterocycles. The molecule has 1 aromatic heterocycles. The van der Waals surface area contributed by atoms with Crippen LogP contribution in [0.25, 0.3) is 10.9 Å². The van der Waals surface area contributed by atoms with Crippen LogP contribution in [0.5, 0.6) is 0 Å². The maximum atomic E-state index is 12.6. The van der Waals surface area contributed by atoms with E-state index >= 15 is 0 Å². The molecule has 0 atom stereocenters. The summed E-state index contributed by atoms with van der Waals surface area (Å²) in [7, 11) is 4.00. The number of carbonyl (C=O) groups is 1. The number of aromatic nitrogens is 2. The van der Waals surface area contributed by atoms with Gasteiger partial charge in [0.1, 0.15) is 5.82 Å². The van der Waals surface area contributed by atoms with Gasteiger partial charge in [0.15, 0.2) is 0 Å². The smallest absolute Gasteiger partial charge is 0.251 e. The molecule has 1 fully saturated rings. The summed E-state index contributed by atoms with van der Waals surface area (Å²) in [5, 5.41) is 7.76. The lowest BCUT2D eigenvalue weighted by atomic mass is 9.91. The van der Waals surface area contributed by atoms with Gasteiger partial charge in [0, 0.05) is 41.6 Å². The summed E-state index contributed by atoms with van der Waals surface area (Å²) in [6.07, 6.45) is 3.82. The van der Waals surface area contributed by atoms with Gasteiger partial charge in [-0.3, -0.25) is 4.79 Å². The van der Waals surface area contributed by atoms with Gasteiger partial charge in [0.05, 0.1) is 5.52 Å². The Bertz CT molecular complexity index is 1090. The van der Waals surface area contributed by atoms with Crippen molar-refractivity contribution in [3.05, 3.63) is 58.1 Å². The topological polar surface area (TPSA) is 70.2 Å². The second kappa shape index (κ2) is 9.22. The number of nitrogens with zero attached hydrogens (tertiary/aromatic N) is 3. The van der Waals surface area contributed by atoms with Crippen molar-refractivity contribution >= 4 is 44.5 Å². The Morgan fingerprint density at radius 2 is 1.74 bits per heavy atom. The van der Waals surface area contributed by atoms with Crippen molar-refractivity contribution in [1.82, 2.24) is 15.3 Å². The summed E-state index contributed by atoms with van der Waals surface area (Å²) < 4.78 is 1.02. The summed E-state index contributed by atoms with van der Waals surface area (Å²) in [6, 6.07) is 14.3. The number of amides is 1. The molecule has 162 valence electrons. The van der Waals surface area contributed by atoms with Gasteiger partial charge in [-0.25, -0.2) is 4.98 Å². The monoisotopic (exact) mass is 481 g/mol. The van der Waals surface area contributed by atoms with E-state index in [4.69, 9.17) is 9.97 Å². The summed E-state index contributed by atoms with van der Waals surface area (Å²) >= 11 is 3.48. The van der Waals surface area contributed by atoms with Gasteiger partial charge in [-0.1, -0.05) is 28.1 Å². The van der Waals surface area contributed by atoms with E-state index in [0.29, 0.717) is 17.6 Å². The van der Waals surface area contributed by atoms with Crippen molar-refractivity contribution in [3.63, 3.8) is 0 Å². The molecule has 1 amide bonds. The van der Waals surface area contributed by atoms with Gasteiger partial charge in [-0.05, 0) is 68.5 Å². The number of anilines is 2. The highest BCUT2D eigenvalue weighted by Gasteiger charge is 2.24. The number of nitrogens with one attached hydrogen (secondary N) is 2. The van der Waals surface area contributed by atoms with Crippen LogP contribution in [0.3, 0.4) is 0 Å². The van der Waals surface area contributed by atoms with Gasteiger partial charge in [-0.15, -0.1) is 0 Å². The van der Waals surface area contributed by atoms with Gasteiger partial charge in [0.2, 0.25) is 5.95 Å². The van der Waals surface area contributed by atoms with Crippen LogP contribution in [-0.4, -0.2) is 42.1 Å². The summed E-state index contributed by atoms with van der Waals surface area (Å²) in [4.78, 5) is 24.1. The molecule has 31 heavy (non-hydrogen) atoms. The molecule has 0 unspecified atom stereocenters. The summed E-state index contributed by atoms with van der Waals surface area (Å²) in [6.45, 7) is 1.99. The van der Waals surface area contributed by atoms with Crippen LogP contribution in [-0.2, 0) is 0 Å².